The largest absolute Gasteiger partial charge is 0.248 e. The Morgan fingerprint density at radius 1 is 1.19 bits per heavy atom. The Labute approximate surface area is 95.8 Å². The van der Waals surface area contributed by atoms with Crippen LogP contribution in [0.4, 0.5) is 0 Å². The lowest BCUT2D eigenvalue weighted by Crippen LogP contribution is -1.85. The molecule has 80 valence electrons. The zero-order valence-corrected chi connectivity index (χ0v) is 9.48. The molecule has 1 aliphatic rings. The standard InChI is InChI=1S/C15H15N/c1-11(12-6-7-12)10-14-9-8-13-4-2-3-5-15(13)16-14/h2-5,8-10,12H,6-7H2,1H3/b11-10-. The molecule has 0 spiro atoms. The van der Waals surface area contributed by atoms with Crippen molar-refractivity contribution in [3.05, 3.63) is 47.7 Å². The molecule has 1 heterocycles. The van der Waals surface area contributed by atoms with Gasteiger partial charge in [0, 0.05) is 5.39 Å². The zero-order chi connectivity index (χ0) is 11.0. The lowest BCUT2D eigenvalue weighted by Gasteiger charge is -2.00. The van der Waals surface area contributed by atoms with Crippen LogP contribution < -0.4 is 0 Å². The molecule has 2 aromatic rings. The van der Waals surface area contributed by atoms with Crippen molar-refractivity contribution in [2.24, 2.45) is 5.92 Å². The normalized spacial score (nSPS) is 16.7. The van der Waals surface area contributed by atoms with Crippen molar-refractivity contribution >= 4 is 17.0 Å². The van der Waals surface area contributed by atoms with Crippen molar-refractivity contribution in [3.63, 3.8) is 0 Å². The summed E-state index contributed by atoms with van der Waals surface area (Å²) in [5.41, 5.74) is 3.64. The van der Waals surface area contributed by atoms with E-state index in [1.807, 2.05) is 6.07 Å². The average Bonchev–Trinajstić information content (AvgIpc) is 3.12. The second-order valence-corrected chi connectivity index (χ2v) is 4.59. The van der Waals surface area contributed by atoms with Crippen LogP contribution in [0.15, 0.2) is 42.0 Å². The average molecular weight is 209 g/mol. The molecule has 0 saturated heterocycles. The van der Waals surface area contributed by atoms with Crippen molar-refractivity contribution in [1.82, 2.24) is 4.98 Å². The molecule has 0 unspecified atom stereocenters. The van der Waals surface area contributed by atoms with Gasteiger partial charge in [-0.3, -0.25) is 0 Å². The molecule has 1 nitrogen and oxygen atoms in total. The Morgan fingerprint density at radius 2 is 2.00 bits per heavy atom. The van der Waals surface area contributed by atoms with Gasteiger partial charge in [-0.05, 0) is 43.9 Å². The molecule has 1 heteroatoms. The summed E-state index contributed by atoms with van der Waals surface area (Å²) in [4.78, 5) is 4.65. The maximum absolute atomic E-state index is 4.65. The number of fused-ring (bicyclic) bond motifs is 1. The number of hydrogen-bond acceptors (Lipinski definition) is 1. The predicted molar refractivity (Wildman–Crippen MR) is 68.1 cm³/mol. The summed E-state index contributed by atoms with van der Waals surface area (Å²) in [5, 5.41) is 1.21. The maximum Gasteiger partial charge on any atom is 0.0709 e. The van der Waals surface area contributed by atoms with Crippen LogP contribution in [0.1, 0.15) is 25.5 Å². The van der Waals surface area contributed by atoms with Crippen molar-refractivity contribution in [2.45, 2.75) is 19.8 Å². The topological polar surface area (TPSA) is 12.9 Å². The van der Waals surface area contributed by atoms with E-state index in [1.165, 1.54) is 23.8 Å². The molecule has 1 aromatic heterocycles. The van der Waals surface area contributed by atoms with Gasteiger partial charge in [-0.1, -0.05) is 29.8 Å². The molecule has 1 saturated carbocycles. The van der Waals surface area contributed by atoms with E-state index >= 15 is 0 Å². The Bertz CT molecular complexity index is 550. The first-order chi connectivity index (χ1) is 7.83. The van der Waals surface area contributed by atoms with Crippen molar-refractivity contribution in [2.75, 3.05) is 0 Å². The van der Waals surface area contributed by atoms with Crippen LogP contribution in [0, 0.1) is 5.92 Å². The van der Waals surface area contributed by atoms with Crippen LogP contribution in [-0.2, 0) is 0 Å². The number of para-hydroxylation sites is 1. The number of aromatic nitrogens is 1. The van der Waals surface area contributed by atoms with Gasteiger partial charge in [-0.25, -0.2) is 4.98 Å². The van der Waals surface area contributed by atoms with E-state index in [1.54, 1.807) is 0 Å². The van der Waals surface area contributed by atoms with Crippen LogP contribution in [0.25, 0.3) is 17.0 Å². The minimum atomic E-state index is 0.827. The van der Waals surface area contributed by atoms with Crippen LogP contribution in [0.3, 0.4) is 0 Å². The highest BCUT2D eigenvalue weighted by Gasteiger charge is 2.22. The van der Waals surface area contributed by atoms with Gasteiger partial charge >= 0.3 is 0 Å². The van der Waals surface area contributed by atoms with Crippen molar-refractivity contribution in [1.29, 1.82) is 0 Å². The second-order valence-electron chi connectivity index (χ2n) is 4.59. The third-order valence-corrected chi connectivity index (χ3v) is 3.22. The quantitative estimate of drug-likeness (QED) is 0.727. The fourth-order valence-corrected chi connectivity index (χ4v) is 2.05. The van der Waals surface area contributed by atoms with Crippen molar-refractivity contribution in [3.8, 4) is 0 Å². The summed E-state index contributed by atoms with van der Waals surface area (Å²) in [7, 11) is 0. The van der Waals surface area contributed by atoms with E-state index in [-0.39, 0.29) is 0 Å². The number of benzene rings is 1. The monoisotopic (exact) mass is 209 g/mol. The molecule has 16 heavy (non-hydrogen) atoms. The lowest BCUT2D eigenvalue weighted by molar-refractivity contribution is 1.02. The van der Waals surface area contributed by atoms with Gasteiger partial charge in [0.25, 0.3) is 0 Å². The van der Waals surface area contributed by atoms with Crippen LogP contribution in [0.2, 0.25) is 0 Å². The molecule has 0 bridgehead atoms. The third kappa shape index (κ3) is 1.85. The van der Waals surface area contributed by atoms with Crippen LogP contribution in [0.5, 0.6) is 0 Å². The molecular weight excluding hydrogens is 194 g/mol. The summed E-state index contributed by atoms with van der Waals surface area (Å²) in [6.07, 6.45) is 4.94. The van der Waals surface area contributed by atoms with E-state index in [9.17, 15) is 0 Å². The van der Waals surface area contributed by atoms with E-state index in [0.717, 1.165) is 17.1 Å². The summed E-state index contributed by atoms with van der Waals surface area (Å²) in [6, 6.07) is 12.5. The van der Waals surface area contributed by atoms with Crippen molar-refractivity contribution < 1.29 is 0 Å². The van der Waals surface area contributed by atoms with E-state index < -0.39 is 0 Å². The highest BCUT2D eigenvalue weighted by atomic mass is 14.7. The number of rotatable bonds is 2. The molecule has 1 fully saturated rings. The third-order valence-electron chi connectivity index (χ3n) is 3.22. The van der Waals surface area contributed by atoms with Gasteiger partial charge in [0.2, 0.25) is 0 Å². The number of nitrogens with zero attached hydrogens (tertiary/aromatic N) is 1. The van der Waals surface area contributed by atoms with Crippen LogP contribution in [-0.4, -0.2) is 4.98 Å². The molecule has 0 N–H and O–H groups in total. The molecular formula is C15H15N. The molecule has 1 aromatic carbocycles. The minimum Gasteiger partial charge on any atom is -0.248 e. The number of hydrogen-bond donors (Lipinski definition) is 0. The van der Waals surface area contributed by atoms with E-state index in [2.05, 4.69) is 48.3 Å². The molecule has 0 atom stereocenters. The highest BCUT2D eigenvalue weighted by molar-refractivity contribution is 5.79. The van der Waals surface area contributed by atoms with Gasteiger partial charge in [0.05, 0.1) is 11.2 Å². The molecule has 3 rings (SSSR count). The lowest BCUT2D eigenvalue weighted by atomic mass is 10.1. The van der Waals surface area contributed by atoms with E-state index in [0.29, 0.717) is 0 Å². The first-order valence-electron chi connectivity index (χ1n) is 5.87. The molecule has 0 aliphatic heterocycles. The van der Waals surface area contributed by atoms with Gasteiger partial charge < -0.3 is 0 Å². The maximum atomic E-state index is 4.65. The van der Waals surface area contributed by atoms with Gasteiger partial charge in [0.1, 0.15) is 0 Å². The zero-order valence-electron chi connectivity index (χ0n) is 9.48. The van der Waals surface area contributed by atoms with Gasteiger partial charge in [-0.2, -0.15) is 0 Å². The Kier molecular flexibility index (Phi) is 2.24. The Hall–Kier alpha value is -1.63. The highest BCUT2D eigenvalue weighted by Crippen LogP contribution is 2.36. The molecule has 0 radical (unpaired) electrons. The SMILES string of the molecule is C/C(=C/c1ccc2ccccc2n1)C1CC1. The summed E-state index contributed by atoms with van der Waals surface area (Å²) >= 11 is 0. The first kappa shape index (κ1) is 9.59. The molecule has 1 aliphatic carbocycles. The Morgan fingerprint density at radius 3 is 2.81 bits per heavy atom. The minimum absolute atomic E-state index is 0.827. The summed E-state index contributed by atoms with van der Waals surface area (Å²) in [6.45, 7) is 2.22. The van der Waals surface area contributed by atoms with Gasteiger partial charge in [0.15, 0.2) is 0 Å². The van der Waals surface area contributed by atoms with E-state index in [4.69, 9.17) is 0 Å². The van der Waals surface area contributed by atoms with Gasteiger partial charge in [-0.15, -0.1) is 0 Å². The molecule has 0 amide bonds. The Balaban J connectivity index is 2.01. The summed E-state index contributed by atoms with van der Waals surface area (Å²) in [5.74, 6) is 0.827. The van der Waals surface area contributed by atoms with Crippen LogP contribution >= 0.6 is 0 Å². The summed E-state index contributed by atoms with van der Waals surface area (Å²) < 4.78 is 0. The second kappa shape index (κ2) is 3.75. The smallest absolute Gasteiger partial charge is 0.0709 e. The predicted octanol–water partition coefficient (Wildman–Crippen LogP) is 4.05. The number of pyridine rings is 1. The fraction of sp³-hybridized carbons (Fsp3) is 0.267. The first-order valence-corrected chi connectivity index (χ1v) is 5.87. The number of allylic oxidation sites excluding steroid dienone is 1. The fourth-order valence-electron chi connectivity index (χ4n) is 2.05.